The lowest BCUT2D eigenvalue weighted by Crippen LogP contribution is -2.38. The maximum atomic E-state index is 13.3. The molecular formula is C23H27N5O2. The summed E-state index contributed by atoms with van der Waals surface area (Å²) in [7, 11) is 0. The smallest absolute Gasteiger partial charge is 0.254 e. The number of rotatable bonds is 6. The number of nitrogens with zero attached hydrogens (tertiary/aromatic N) is 4. The summed E-state index contributed by atoms with van der Waals surface area (Å²) in [6.45, 7) is 5.57. The van der Waals surface area contributed by atoms with E-state index in [0.29, 0.717) is 24.5 Å². The van der Waals surface area contributed by atoms with Crippen LogP contribution in [0.15, 0.2) is 60.7 Å². The molecule has 1 fully saturated rings. The average molecular weight is 406 g/mol. The van der Waals surface area contributed by atoms with Crippen molar-refractivity contribution in [3.63, 3.8) is 0 Å². The summed E-state index contributed by atoms with van der Waals surface area (Å²) in [6.07, 6.45) is 0.779. The number of aromatic nitrogens is 3. The van der Waals surface area contributed by atoms with Crippen molar-refractivity contribution in [3.8, 4) is 5.75 Å². The van der Waals surface area contributed by atoms with E-state index in [1.807, 2.05) is 72.5 Å². The van der Waals surface area contributed by atoms with Crippen LogP contribution >= 0.6 is 0 Å². The number of H-pyrrole nitrogens is 1. The number of hydrogen-bond donors (Lipinski definition) is 1. The second kappa shape index (κ2) is 9.54. The zero-order valence-electron chi connectivity index (χ0n) is 17.2. The first kappa shape index (κ1) is 20.1. The molecule has 1 atom stereocenters. The Labute approximate surface area is 176 Å². The van der Waals surface area contributed by atoms with Gasteiger partial charge in [-0.25, -0.2) is 4.98 Å². The Balaban J connectivity index is 1.45. The molecule has 1 saturated heterocycles. The van der Waals surface area contributed by atoms with E-state index in [1.165, 1.54) is 0 Å². The maximum absolute atomic E-state index is 13.3. The maximum Gasteiger partial charge on any atom is 0.254 e. The number of para-hydroxylation sites is 1. The SMILES string of the molecule is Cc1nc(C2CCN(CCOc3ccccc3)CCN2C(=O)c2ccccc2)n[nH]1. The number of carbonyl (C=O) groups is 1. The molecule has 4 rings (SSSR count). The summed E-state index contributed by atoms with van der Waals surface area (Å²) in [5.41, 5.74) is 0.690. The monoisotopic (exact) mass is 405 g/mol. The molecule has 1 N–H and O–H groups in total. The fourth-order valence-electron chi connectivity index (χ4n) is 3.78. The molecule has 2 heterocycles. The van der Waals surface area contributed by atoms with Gasteiger partial charge in [-0.1, -0.05) is 36.4 Å². The molecule has 2 aromatic carbocycles. The fourth-order valence-corrected chi connectivity index (χ4v) is 3.78. The second-order valence-corrected chi connectivity index (χ2v) is 7.45. The summed E-state index contributed by atoms with van der Waals surface area (Å²) < 4.78 is 5.86. The van der Waals surface area contributed by atoms with Gasteiger partial charge < -0.3 is 9.64 Å². The highest BCUT2D eigenvalue weighted by molar-refractivity contribution is 5.94. The van der Waals surface area contributed by atoms with Crippen molar-refractivity contribution in [1.82, 2.24) is 25.0 Å². The Morgan fingerprint density at radius 2 is 1.80 bits per heavy atom. The number of benzene rings is 2. The van der Waals surface area contributed by atoms with Gasteiger partial charge in [-0.2, -0.15) is 5.10 Å². The summed E-state index contributed by atoms with van der Waals surface area (Å²) >= 11 is 0. The topological polar surface area (TPSA) is 74.3 Å². The van der Waals surface area contributed by atoms with Gasteiger partial charge in [-0.15, -0.1) is 0 Å². The molecule has 0 aliphatic carbocycles. The largest absolute Gasteiger partial charge is 0.492 e. The Kier molecular flexibility index (Phi) is 6.39. The van der Waals surface area contributed by atoms with Crippen molar-refractivity contribution in [1.29, 1.82) is 0 Å². The first-order valence-electron chi connectivity index (χ1n) is 10.4. The summed E-state index contributed by atoms with van der Waals surface area (Å²) in [6, 6.07) is 19.1. The molecule has 1 amide bonds. The van der Waals surface area contributed by atoms with Gasteiger partial charge in [0.15, 0.2) is 5.82 Å². The summed E-state index contributed by atoms with van der Waals surface area (Å²) in [5.74, 6) is 2.33. The summed E-state index contributed by atoms with van der Waals surface area (Å²) in [4.78, 5) is 22.0. The minimum Gasteiger partial charge on any atom is -0.492 e. The molecule has 0 radical (unpaired) electrons. The van der Waals surface area contributed by atoms with E-state index in [4.69, 9.17) is 4.74 Å². The Hall–Kier alpha value is -3.19. The zero-order valence-corrected chi connectivity index (χ0v) is 17.2. The van der Waals surface area contributed by atoms with Crippen LogP contribution in [0.25, 0.3) is 0 Å². The molecule has 7 heteroatoms. The van der Waals surface area contributed by atoms with Crippen LogP contribution in [0.5, 0.6) is 5.75 Å². The van der Waals surface area contributed by atoms with Crippen LogP contribution in [0.3, 0.4) is 0 Å². The molecule has 3 aromatic rings. The third kappa shape index (κ3) is 4.86. The normalized spacial score (nSPS) is 17.5. The zero-order chi connectivity index (χ0) is 20.8. The predicted molar refractivity (Wildman–Crippen MR) is 114 cm³/mol. The van der Waals surface area contributed by atoms with Gasteiger partial charge in [-0.3, -0.25) is 14.8 Å². The molecule has 1 aliphatic heterocycles. The van der Waals surface area contributed by atoms with E-state index >= 15 is 0 Å². The highest BCUT2D eigenvalue weighted by Crippen LogP contribution is 2.26. The van der Waals surface area contributed by atoms with Crippen LogP contribution in [0, 0.1) is 6.92 Å². The second-order valence-electron chi connectivity index (χ2n) is 7.45. The molecule has 1 unspecified atom stereocenters. The van der Waals surface area contributed by atoms with E-state index < -0.39 is 0 Å². The van der Waals surface area contributed by atoms with Crippen molar-refractivity contribution in [3.05, 3.63) is 77.9 Å². The number of carbonyl (C=O) groups excluding carboxylic acids is 1. The van der Waals surface area contributed by atoms with Crippen LogP contribution in [-0.2, 0) is 0 Å². The minimum absolute atomic E-state index is 0.0189. The van der Waals surface area contributed by atoms with E-state index in [9.17, 15) is 4.79 Å². The third-order valence-electron chi connectivity index (χ3n) is 5.37. The van der Waals surface area contributed by atoms with Gasteiger partial charge in [0.25, 0.3) is 5.91 Å². The number of ether oxygens (including phenoxy) is 1. The fraction of sp³-hybridized carbons (Fsp3) is 0.348. The molecule has 0 bridgehead atoms. The number of aryl methyl sites for hydroxylation is 1. The molecule has 1 aliphatic rings. The minimum atomic E-state index is -0.150. The van der Waals surface area contributed by atoms with Gasteiger partial charge in [0, 0.05) is 31.7 Å². The number of nitrogens with one attached hydrogen (secondary N) is 1. The van der Waals surface area contributed by atoms with Gasteiger partial charge >= 0.3 is 0 Å². The Bertz CT molecular complexity index is 944. The van der Waals surface area contributed by atoms with Crippen molar-refractivity contribution >= 4 is 5.91 Å². The lowest BCUT2D eigenvalue weighted by molar-refractivity contribution is 0.0677. The highest BCUT2D eigenvalue weighted by atomic mass is 16.5. The van der Waals surface area contributed by atoms with Crippen molar-refractivity contribution < 1.29 is 9.53 Å². The first-order valence-corrected chi connectivity index (χ1v) is 10.4. The number of hydrogen-bond acceptors (Lipinski definition) is 5. The highest BCUT2D eigenvalue weighted by Gasteiger charge is 2.32. The molecule has 30 heavy (non-hydrogen) atoms. The molecular weight excluding hydrogens is 378 g/mol. The summed E-state index contributed by atoms with van der Waals surface area (Å²) in [5, 5.41) is 7.28. The Morgan fingerprint density at radius 1 is 1.07 bits per heavy atom. The molecule has 156 valence electrons. The van der Waals surface area contributed by atoms with Crippen molar-refractivity contribution in [2.24, 2.45) is 0 Å². The van der Waals surface area contributed by atoms with E-state index in [-0.39, 0.29) is 11.9 Å². The lowest BCUT2D eigenvalue weighted by Gasteiger charge is -2.28. The number of amides is 1. The standard InChI is InChI=1S/C23H27N5O2/c1-18-24-22(26-25-18)21-12-13-27(16-17-30-20-10-6-3-7-11-20)14-15-28(21)23(29)19-8-4-2-5-9-19/h2-11,21H,12-17H2,1H3,(H,24,25,26). The van der Waals surface area contributed by atoms with Crippen LogP contribution in [0.2, 0.25) is 0 Å². The van der Waals surface area contributed by atoms with Gasteiger partial charge in [0.05, 0.1) is 6.04 Å². The number of aromatic amines is 1. The van der Waals surface area contributed by atoms with Gasteiger partial charge in [0.1, 0.15) is 18.2 Å². The van der Waals surface area contributed by atoms with E-state index in [1.54, 1.807) is 0 Å². The third-order valence-corrected chi connectivity index (χ3v) is 5.37. The van der Waals surface area contributed by atoms with Crippen LogP contribution in [-0.4, -0.2) is 63.7 Å². The molecule has 1 aromatic heterocycles. The molecule has 0 saturated carbocycles. The lowest BCUT2D eigenvalue weighted by atomic mass is 10.1. The van der Waals surface area contributed by atoms with Gasteiger partial charge in [0.2, 0.25) is 0 Å². The Morgan fingerprint density at radius 3 is 2.50 bits per heavy atom. The predicted octanol–water partition coefficient (Wildman–Crippen LogP) is 3.08. The van der Waals surface area contributed by atoms with E-state index in [2.05, 4.69) is 20.1 Å². The van der Waals surface area contributed by atoms with Crippen LogP contribution in [0.4, 0.5) is 0 Å². The first-order chi connectivity index (χ1) is 14.7. The van der Waals surface area contributed by atoms with Crippen molar-refractivity contribution in [2.45, 2.75) is 19.4 Å². The van der Waals surface area contributed by atoms with Gasteiger partial charge in [-0.05, 0) is 37.6 Å². The van der Waals surface area contributed by atoms with Crippen molar-refractivity contribution in [2.75, 3.05) is 32.8 Å². The van der Waals surface area contributed by atoms with Crippen LogP contribution < -0.4 is 4.74 Å². The molecule has 0 spiro atoms. The van der Waals surface area contributed by atoms with Crippen LogP contribution in [0.1, 0.15) is 34.5 Å². The quantitative estimate of drug-likeness (QED) is 0.682. The van der Waals surface area contributed by atoms with E-state index in [0.717, 1.165) is 37.6 Å². The average Bonchev–Trinajstić information content (AvgIpc) is 3.10. The molecule has 7 nitrogen and oxygen atoms in total.